The number of methoxy groups -OCH3 is 1. The van der Waals surface area contributed by atoms with Crippen LogP contribution in [0.2, 0.25) is 0 Å². The van der Waals surface area contributed by atoms with Gasteiger partial charge in [-0.3, -0.25) is 0 Å². The second kappa shape index (κ2) is 9.98. The van der Waals surface area contributed by atoms with Gasteiger partial charge in [-0.1, -0.05) is 49.4 Å². The lowest BCUT2D eigenvalue weighted by Crippen LogP contribution is -2.42. The molecule has 1 saturated heterocycles. The van der Waals surface area contributed by atoms with Crippen molar-refractivity contribution in [2.45, 2.75) is 76.4 Å². The molecule has 0 amide bonds. The van der Waals surface area contributed by atoms with Gasteiger partial charge in [0.2, 0.25) is 0 Å². The van der Waals surface area contributed by atoms with Crippen molar-refractivity contribution in [3.8, 4) is 5.75 Å². The lowest BCUT2D eigenvalue weighted by molar-refractivity contribution is -0.0775. The molecule has 2 aromatic rings. The first kappa shape index (κ1) is 22.8. The van der Waals surface area contributed by atoms with E-state index < -0.39 is 0 Å². The van der Waals surface area contributed by atoms with E-state index in [1.807, 2.05) is 12.1 Å². The minimum Gasteiger partial charge on any atom is -0.497 e. The number of benzene rings is 2. The molecule has 0 spiro atoms. The third kappa shape index (κ3) is 6.09. The predicted octanol–water partition coefficient (Wildman–Crippen LogP) is 6.11. The van der Waals surface area contributed by atoms with E-state index in [9.17, 15) is 0 Å². The Hall–Kier alpha value is -1.84. The van der Waals surface area contributed by atoms with Gasteiger partial charge in [-0.05, 0) is 87.5 Å². The highest BCUT2D eigenvalue weighted by molar-refractivity contribution is 5.28. The monoisotopic (exact) mass is 409 g/mol. The molecule has 3 nitrogen and oxygen atoms in total. The normalized spacial score (nSPS) is 21.6. The summed E-state index contributed by atoms with van der Waals surface area (Å²) in [6.07, 6.45) is 6.24. The molecule has 0 bridgehead atoms. The predicted molar refractivity (Wildman–Crippen MR) is 125 cm³/mol. The molecule has 3 atom stereocenters. The largest absolute Gasteiger partial charge is 0.497 e. The Morgan fingerprint density at radius 2 is 1.83 bits per heavy atom. The molecule has 164 valence electrons. The summed E-state index contributed by atoms with van der Waals surface area (Å²) in [4.78, 5) is 0. The first-order chi connectivity index (χ1) is 14.3. The molecule has 3 rings (SSSR count). The molecule has 0 aliphatic carbocycles. The topological polar surface area (TPSA) is 44.5 Å². The maximum Gasteiger partial charge on any atom is 0.118 e. The van der Waals surface area contributed by atoms with Crippen LogP contribution in [0, 0.1) is 5.92 Å². The van der Waals surface area contributed by atoms with E-state index in [1.54, 1.807) is 7.11 Å². The van der Waals surface area contributed by atoms with Gasteiger partial charge in [0.05, 0.1) is 12.7 Å². The van der Waals surface area contributed by atoms with Crippen molar-refractivity contribution < 1.29 is 9.47 Å². The molecule has 0 saturated carbocycles. The molecule has 1 fully saturated rings. The second-order valence-corrected chi connectivity index (χ2v) is 9.66. The first-order valence-electron chi connectivity index (χ1n) is 11.4. The van der Waals surface area contributed by atoms with Gasteiger partial charge < -0.3 is 15.2 Å². The van der Waals surface area contributed by atoms with Crippen LogP contribution in [0.15, 0.2) is 54.6 Å². The summed E-state index contributed by atoms with van der Waals surface area (Å²) in [5.74, 6) is 2.06. The van der Waals surface area contributed by atoms with E-state index in [2.05, 4.69) is 63.2 Å². The molecule has 30 heavy (non-hydrogen) atoms. The van der Waals surface area contributed by atoms with Crippen molar-refractivity contribution in [3.63, 3.8) is 0 Å². The standard InChI is InChI=1S/C27H39NO2/c1-5-27(28,19-21-11-13-24(29-4)14-12-21)17-15-25(22-9-7-6-8-10-22)23-16-18-30-26(2,3)20-23/h6-14,23,25H,5,15-20,28H2,1-4H3. The van der Waals surface area contributed by atoms with Gasteiger partial charge in [-0.15, -0.1) is 0 Å². The van der Waals surface area contributed by atoms with Crippen LogP contribution in [0.4, 0.5) is 0 Å². The molecule has 0 radical (unpaired) electrons. The van der Waals surface area contributed by atoms with Crippen LogP contribution in [0.1, 0.15) is 69.9 Å². The van der Waals surface area contributed by atoms with Crippen LogP contribution in [0.3, 0.4) is 0 Å². The zero-order valence-electron chi connectivity index (χ0n) is 19.2. The highest BCUT2D eigenvalue weighted by Crippen LogP contribution is 2.41. The average molecular weight is 410 g/mol. The van der Waals surface area contributed by atoms with Gasteiger partial charge in [0.25, 0.3) is 0 Å². The molecule has 1 aliphatic heterocycles. The molecular weight excluding hydrogens is 370 g/mol. The molecule has 1 aliphatic rings. The summed E-state index contributed by atoms with van der Waals surface area (Å²) >= 11 is 0. The smallest absolute Gasteiger partial charge is 0.118 e. The summed E-state index contributed by atoms with van der Waals surface area (Å²) in [6, 6.07) is 19.4. The molecule has 3 unspecified atom stereocenters. The van der Waals surface area contributed by atoms with Crippen molar-refractivity contribution in [2.75, 3.05) is 13.7 Å². The van der Waals surface area contributed by atoms with E-state index >= 15 is 0 Å². The fraction of sp³-hybridized carbons (Fsp3) is 0.556. The Morgan fingerprint density at radius 3 is 2.43 bits per heavy atom. The summed E-state index contributed by atoms with van der Waals surface area (Å²) < 4.78 is 11.3. The van der Waals surface area contributed by atoms with Gasteiger partial charge in [0.1, 0.15) is 5.75 Å². The van der Waals surface area contributed by atoms with Gasteiger partial charge in [0.15, 0.2) is 0 Å². The number of hydrogen-bond acceptors (Lipinski definition) is 3. The number of rotatable bonds is 9. The summed E-state index contributed by atoms with van der Waals surface area (Å²) in [7, 11) is 1.70. The number of hydrogen-bond donors (Lipinski definition) is 1. The molecular formula is C27H39NO2. The van der Waals surface area contributed by atoms with Gasteiger partial charge in [-0.25, -0.2) is 0 Å². The SMILES string of the molecule is CCC(N)(CCC(c1ccccc1)C1CCOC(C)(C)C1)Cc1ccc(OC)cc1. The molecule has 3 heteroatoms. The van der Waals surface area contributed by atoms with Crippen molar-refractivity contribution in [3.05, 3.63) is 65.7 Å². The Balaban J connectivity index is 1.74. The highest BCUT2D eigenvalue weighted by Gasteiger charge is 2.35. The van der Waals surface area contributed by atoms with Crippen molar-refractivity contribution in [1.29, 1.82) is 0 Å². The van der Waals surface area contributed by atoms with Crippen LogP contribution >= 0.6 is 0 Å². The number of ether oxygens (including phenoxy) is 2. The quantitative estimate of drug-likeness (QED) is 0.543. The Bertz CT molecular complexity index is 771. The van der Waals surface area contributed by atoms with Gasteiger partial charge >= 0.3 is 0 Å². The highest BCUT2D eigenvalue weighted by atomic mass is 16.5. The second-order valence-electron chi connectivity index (χ2n) is 9.66. The lowest BCUT2D eigenvalue weighted by Gasteiger charge is -2.40. The van der Waals surface area contributed by atoms with Crippen LogP contribution in [0.25, 0.3) is 0 Å². The van der Waals surface area contributed by atoms with Gasteiger partial charge in [0, 0.05) is 12.1 Å². The summed E-state index contributed by atoms with van der Waals surface area (Å²) in [6.45, 7) is 7.53. The van der Waals surface area contributed by atoms with Crippen LogP contribution in [0.5, 0.6) is 5.75 Å². The zero-order chi connectivity index (χ0) is 21.6. The van der Waals surface area contributed by atoms with Crippen LogP contribution in [-0.2, 0) is 11.2 Å². The van der Waals surface area contributed by atoms with Crippen molar-refractivity contribution >= 4 is 0 Å². The van der Waals surface area contributed by atoms with E-state index in [1.165, 1.54) is 11.1 Å². The molecule has 2 N–H and O–H groups in total. The summed E-state index contributed by atoms with van der Waals surface area (Å²) in [5, 5.41) is 0. The fourth-order valence-electron chi connectivity index (χ4n) is 4.98. The van der Waals surface area contributed by atoms with Crippen LogP contribution in [-0.4, -0.2) is 24.9 Å². The molecule has 1 heterocycles. The Kier molecular flexibility index (Phi) is 7.60. The van der Waals surface area contributed by atoms with Crippen molar-refractivity contribution in [2.24, 2.45) is 11.7 Å². The third-order valence-electron chi connectivity index (χ3n) is 6.90. The Morgan fingerprint density at radius 1 is 1.13 bits per heavy atom. The average Bonchev–Trinajstić information content (AvgIpc) is 2.74. The zero-order valence-corrected chi connectivity index (χ0v) is 19.2. The van der Waals surface area contributed by atoms with Crippen molar-refractivity contribution in [1.82, 2.24) is 0 Å². The Labute approximate surface area is 183 Å². The van der Waals surface area contributed by atoms with E-state index in [0.29, 0.717) is 11.8 Å². The lowest BCUT2D eigenvalue weighted by atomic mass is 9.72. The van der Waals surface area contributed by atoms with E-state index in [4.69, 9.17) is 15.2 Å². The maximum absolute atomic E-state index is 6.95. The molecule has 2 aromatic carbocycles. The van der Waals surface area contributed by atoms with E-state index in [-0.39, 0.29) is 11.1 Å². The van der Waals surface area contributed by atoms with E-state index in [0.717, 1.165) is 50.9 Å². The fourth-order valence-corrected chi connectivity index (χ4v) is 4.98. The van der Waals surface area contributed by atoms with Gasteiger partial charge in [-0.2, -0.15) is 0 Å². The third-order valence-corrected chi connectivity index (χ3v) is 6.90. The number of nitrogens with two attached hydrogens (primary N) is 1. The maximum atomic E-state index is 6.95. The summed E-state index contributed by atoms with van der Waals surface area (Å²) in [5.41, 5.74) is 9.45. The molecule has 0 aromatic heterocycles. The minimum atomic E-state index is -0.192. The minimum absolute atomic E-state index is 0.0381. The first-order valence-corrected chi connectivity index (χ1v) is 11.4. The van der Waals surface area contributed by atoms with Crippen LogP contribution < -0.4 is 10.5 Å².